The van der Waals surface area contributed by atoms with E-state index >= 15 is 0 Å². The fraction of sp³-hybridized carbons (Fsp3) is 0.857. The predicted molar refractivity (Wildman–Crippen MR) is 71.2 cm³/mol. The Balaban J connectivity index is 2.53. The van der Waals surface area contributed by atoms with E-state index in [1.54, 1.807) is 6.92 Å². The van der Waals surface area contributed by atoms with Crippen molar-refractivity contribution in [3.05, 3.63) is 0 Å². The molecule has 0 saturated heterocycles. The third kappa shape index (κ3) is 2.35. The third-order valence-corrected chi connectivity index (χ3v) is 4.27. The highest BCUT2D eigenvalue weighted by Gasteiger charge is 2.69. The lowest BCUT2D eigenvalue weighted by atomic mass is 9.75. The van der Waals surface area contributed by atoms with E-state index in [1.807, 2.05) is 0 Å². The molecule has 3 atom stereocenters. The van der Waals surface area contributed by atoms with Crippen LogP contribution >= 0.6 is 0 Å². The van der Waals surface area contributed by atoms with Gasteiger partial charge >= 0.3 is 6.18 Å². The van der Waals surface area contributed by atoms with Gasteiger partial charge in [-0.15, -0.1) is 0 Å². The highest BCUT2D eigenvalue weighted by Crippen LogP contribution is 2.50. The van der Waals surface area contributed by atoms with E-state index < -0.39 is 29.1 Å². The highest BCUT2D eigenvalue weighted by atomic mass is 19.4. The van der Waals surface area contributed by atoms with Gasteiger partial charge in [0.05, 0.1) is 5.92 Å². The van der Waals surface area contributed by atoms with Gasteiger partial charge in [-0.25, -0.2) is 0 Å². The molecule has 1 heterocycles. The molecule has 0 unspecified atom stereocenters. The van der Waals surface area contributed by atoms with Crippen molar-refractivity contribution in [3.8, 4) is 0 Å². The number of aliphatic hydroxyl groups is 1. The van der Waals surface area contributed by atoms with Gasteiger partial charge in [0.2, 0.25) is 0 Å². The van der Waals surface area contributed by atoms with Crippen LogP contribution in [-0.2, 0) is 4.79 Å². The van der Waals surface area contributed by atoms with E-state index in [1.165, 1.54) is 20.8 Å². The standard InChI is InChI=1S/C14H21F3N2O2/c1-8-6-5-7-9-10(8)18-19(11(20)12(2,3)4)13(9,21)14(15,16)17/h8-9,21H,5-7H2,1-4H3/t8-,9+,13+/m1/s1. The maximum atomic E-state index is 13.5. The Morgan fingerprint density at radius 1 is 1.33 bits per heavy atom. The van der Waals surface area contributed by atoms with Gasteiger partial charge in [0, 0.05) is 11.1 Å². The van der Waals surface area contributed by atoms with Crippen LogP contribution in [0.4, 0.5) is 13.2 Å². The fourth-order valence-electron chi connectivity index (χ4n) is 3.02. The van der Waals surface area contributed by atoms with Crippen LogP contribution in [0.5, 0.6) is 0 Å². The van der Waals surface area contributed by atoms with Crippen LogP contribution in [0.1, 0.15) is 47.0 Å². The lowest BCUT2D eigenvalue weighted by Gasteiger charge is -2.40. The molecule has 0 aromatic rings. The first-order valence-corrected chi connectivity index (χ1v) is 7.13. The van der Waals surface area contributed by atoms with Crippen LogP contribution in [0.3, 0.4) is 0 Å². The van der Waals surface area contributed by atoms with Crippen molar-refractivity contribution < 1.29 is 23.1 Å². The number of rotatable bonds is 0. The number of halogens is 3. The van der Waals surface area contributed by atoms with Crippen LogP contribution in [0.2, 0.25) is 0 Å². The summed E-state index contributed by atoms with van der Waals surface area (Å²) >= 11 is 0. The summed E-state index contributed by atoms with van der Waals surface area (Å²) in [5, 5.41) is 14.6. The highest BCUT2D eigenvalue weighted by molar-refractivity contribution is 5.95. The van der Waals surface area contributed by atoms with Gasteiger partial charge in [-0.05, 0) is 18.8 Å². The number of hydrogen-bond acceptors (Lipinski definition) is 3. The van der Waals surface area contributed by atoms with E-state index in [0.29, 0.717) is 12.1 Å². The molecule has 1 saturated carbocycles. The summed E-state index contributed by atoms with van der Waals surface area (Å²) in [6.45, 7) is 6.32. The second-order valence-corrected chi connectivity index (χ2v) is 7.00. The topological polar surface area (TPSA) is 52.9 Å². The Labute approximate surface area is 122 Å². The van der Waals surface area contributed by atoms with Gasteiger partial charge in [0.1, 0.15) is 0 Å². The lowest BCUT2D eigenvalue weighted by Crippen LogP contribution is -2.63. The van der Waals surface area contributed by atoms with E-state index in [9.17, 15) is 23.1 Å². The van der Waals surface area contributed by atoms with Gasteiger partial charge in [0.15, 0.2) is 0 Å². The van der Waals surface area contributed by atoms with Gasteiger partial charge in [0.25, 0.3) is 11.6 Å². The van der Waals surface area contributed by atoms with Crippen molar-refractivity contribution in [2.24, 2.45) is 22.4 Å². The molecular weight excluding hydrogens is 285 g/mol. The summed E-state index contributed by atoms with van der Waals surface area (Å²) in [5.41, 5.74) is -3.99. The summed E-state index contributed by atoms with van der Waals surface area (Å²) in [6.07, 6.45) is -3.45. The minimum Gasteiger partial charge on any atom is -0.362 e. The normalized spacial score (nSPS) is 33.7. The Kier molecular flexibility index (Phi) is 3.64. The molecule has 2 rings (SSSR count). The zero-order valence-corrected chi connectivity index (χ0v) is 12.7. The molecule has 2 aliphatic rings. The Hall–Kier alpha value is -1.11. The van der Waals surface area contributed by atoms with Crippen molar-refractivity contribution >= 4 is 11.6 Å². The van der Waals surface area contributed by atoms with Gasteiger partial charge < -0.3 is 5.11 Å². The van der Waals surface area contributed by atoms with Gasteiger partial charge in [-0.1, -0.05) is 34.1 Å². The van der Waals surface area contributed by atoms with Crippen LogP contribution in [0.15, 0.2) is 5.10 Å². The number of fused-ring (bicyclic) bond motifs is 1. The van der Waals surface area contributed by atoms with Crippen LogP contribution in [0, 0.1) is 17.3 Å². The molecule has 0 bridgehead atoms. The van der Waals surface area contributed by atoms with Crippen LogP contribution < -0.4 is 0 Å². The summed E-state index contributed by atoms with van der Waals surface area (Å²) in [5.74, 6) is -2.14. The maximum absolute atomic E-state index is 13.5. The molecule has 1 fully saturated rings. The zero-order valence-electron chi connectivity index (χ0n) is 12.7. The smallest absolute Gasteiger partial charge is 0.362 e. The zero-order chi connectivity index (χ0) is 16.2. The fourth-order valence-corrected chi connectivity index (χ4v) is 3.02. The van der Waals surface area contributed by atoms with Crippen molar-refractivity contribution in [2.75, 3.05) is 0 Å². The number of carbonyl (C=O) groups is 1. The number of carbonyl (C=O) groups excluding carboxylic acids is 1. The number of hydrazone groups is 1. The van der Waals surface area contributed by atoms with Gasteiger partial charge in [-0.2, -0.15) is 23.3 Å². The molecule has 0 aromatic carbocycles. The molecule has 4 nitrogen and oxygen atoms in total. The molecule has 120 valence electrons. The van der Waals surface area contributed by atoms with E-state index in [0.717, 1.165) is 6.42 Å². The number of amides is 1. The van der Waals surface area contributed by atoms with E-state index in [4.69, 9.17) is 0 Å². The molecule has 0 spiro atoms. The first kappa shape index (κ1) is 16.3. The molecule has 21 heavy (non-hydrogen) atoms. The first-order valence-electron chi connectivity index (χ1n) is 7.13. The second kappa shape index (κ2) is 4.69. The first-order chi connectivity index (χ1) is 9.40. The molecule has 7 heteroatoms. The monoisotopic (exact) mass is 306 g/mol. The molecular formula is C14H21F3N2O2. The summed E-state index contributed by atoms with van der Waals surface area (Å²) < 4.78 is 40.6. The summed E-state index contributed by atoms with van der Waals surface area (Å²) in [6, 6.07) is 0. The largest absolute Gasteiger partial charge is 0.439 e. The molecule has 1 amide bonds. The molecule has 1 aliphatic carbocycles. The minimum absolute atomic E-state index is 0.157. The average Bonchev–Trinajstić information content (AvgIpc) is 2.63. The summed E-state index contributed by atoms with van der Waals surface area (Å²) in [7, 11) is 0. The average molecular weight is 306 g/mol. The van der Waals surface area contributed by atoms with Crippen molar-refractivity contribution in [1.29, 1.82) is 0 Å². The number of alkyl halides is 3. The molecule has 0 aromatic heterocycles. The van der Waals surface area contributed by atoms with Crippen LogP contribution in [-0.4, -0.2) is 33.6 Å². The van der Waals surface area contributed by atoms with E-state index in [-0.39, 0.29) is 17.3 Å². The van der Waals surface area contributed by atoms with Gasteiger partial charge in [-0.3, -0.25) is 4.79 Å². The predicted octanol–water partition coefficient (Wildman–Crippen LogP) is 2.92. The maximum Gasteiger partial charge on any atom is 0.439 e. The molecule has 1 aliphatic heterocycles. The minimum atomic E-state index is -4.94. The third-order valence-electron chi connectivity index (χ3n) is 4.27. The van der Waals surface area contributed by atoms with Crippen LogP contribution in [0.25, 0.3) is 0 Å². The number of hydrogen-bond donors (Lipinski definition) is 1. The Bertz CT molecular complexity index is 482. The Morgan fingerprint density at radius 2 is 1.90 bits per heavy atom. The number of nitrogens with zero attached hydrogens (tertiary/aromatic N) is 2. The Morgan fingerprint density at radius 3 is 2.38 bits per heavy atom. The lowest BCUT2D eigenvalue weighted by molar-refractivity contribution is -0.318. The quantitative estimate of drug-likeness (QED) is 0.748. The SMILES string of the molecule is C[C@@H]1CCC[C@H]2C1=NN(C(=O)C(C)(C)C)[C@@]2(O)C(F)(F)F. The molecule has 1 N–H and O–H groups in total. The summed E-state index contributed by atoms with van der Waals surface area (Å²) in [4.78, 5) is 12.3. The van der Waals surface area contributed by atoms with Crippen molar-refractivity contribution in [3.63, 3.8) is 0 Å². The second-order valence-electron chi connectivity index (χ2n) is 7.00. The van der Waals surface area contributed by atoms with Crippen molar-refractivity contribution in [1.82, 2.24) is 5.01 Å². The van der Waals surface area contributed by atoms with Crippen molar-refractivity contribution in [2.45, 2.75) is 58.9 Å². The molecule has 0 radical (unpaired) electrons. The van der Waals surface area contributed by atoms with E-state index in [2.05, 4.69) is 5.10 Å².